The molecule has 2 heteroatoms. The predicted molar refractivity (Wildman–Crippen MR) is 91.1 cm³/mol. The van der Waals surface area contributed by atoms with E-state index in [-0.39, 0.29) is 0 Å². The Morgan fingerprint density at radius 1 is 0.667 bits per heavy atom. The summed E-state index contributed by atoms with van der Waals surface area (Å²) in [4.78, 5) is 0. The van der Waals surface area contributed by atoms with Crippen LogP contribution in [0.25, 0.3) is 0 Å². The molecule has 104 valence electrons. The van der Waals surface area contributed by atoms with Crippen molar-refractivity contribution in [2.24, 2.45) is 7.05 Å². The lowest BCUT2D eigenvalue weighted by molar-refractivity contribution is -0.659. The molecule has 0 aliphatic rings. The maximum Gasteiger partial charge on any atom is 0.210 e. The Bertz CT molecular complexity index is 684. The third-order valence-corrected chi connectivity index (χ3v) is 6.25. The van der Waals surface area contributed by atoms with Gasteiger partial charge in [0.15, 0.2) is 5.69 Å². The average Bonchev–Trinajstić information content (AvgIpc) is 2.54. The fraction of sp³-hybridized carbons (Fsp3) is 0.105. The molecule has 21 heavy (non-hydrogen) atoms. The number of aryl methyl sites for hydroxylation is 1. The summed E-state index contributed by atoms with van der Waals surface area (Å²) < 4.78 is 2.31. The van der Waals surface area contributed by atoms with Crippen LogP contribution in [0.1, 0.15) is 5.69 Å². The molecule has 0 radical (unpaired) electrons. The molecule has 0 saturated carbocycles. The molecule has 3 aromatic rings. The van der Waals surface area contributed by atoms with E-state index < -0.39 is 7.92 Å². The van der Waals surface area contributed by atoms with Crippen molar-refractivity contribution in [2.75, 3.05) is 0 Å². The van der Waals surface area contributed by atoms with Gasteiger partial charge in [0.1, 0.15) is 7.05 Å². The molecule has 0 unspecified atom stereocenters. The molecular formula is C19H19NP+. The topological polar surface area (TPSA) is 3.88 Å². The minimum Gasteiger partial charge on any atom is -0.199 e. The summed E-state index contributed by atoms with van der Waals surface area (Å²) in [5.74, 6) is 0. The van der Waals surface area contributed by atoms with Gasteiger partial charge in [-0.15, -0.1) is 0 Å². The average molecular weight is 292 g/mol. The summed E-state index contributed by atoms with van der Waals surface area (Å²) in [6, 6.07) is 28.2. The molecule has 0 fully saturated rings. The molecule has 0 aliphatic carbocycles. The van der Waals surface area contributed by atoms with Gasteiger partial charge in [0.25, 0.3) is 0 Å². The van der Waals surface area contributed by atoms with Gasteiger partial charge < -0.3 is 0 Å². The first kappa shape index (κ1) is 14.0. The van der Waals surface area contributed by atoms with Crippen LogP contribution in [0.4, 0.5) is 0 Å². The third-order valence-electron chi connectivity index (χ3n) is 3.71. The minimum atomic E-state index is -0.520. The highest BCUT2D eigenvalue weighted by Crippen LogP contribution is 2.30. The van der Waals surface area contributed by atoms with Crippen molar-refractivity contribution < 1.29 is 4.57 Å². The standard InChI is InChI=1S/C19H19NP/c1-16-10-9-15-19(20(16)2)21(17-11-5-3-6-12-17)18-13-7-4-8-14-18/h3-15H,1-2H3/q+1. The Morgan fingerprint density at radius 3 is 1.71 bits per heavy atom. The Morgan fingerprint density at radius 2 is 1.19 bits per heavy atom. The number of rotatable bonds is 3. The third kappa shape index (κ3) is 2.89. The summed E-state index contributed by atoms with van der Waals surface area (Å²) >= 11 is 0. The van der Waals surface area contributed by atoms with Gasteiger partial charge in [-0.1, -0.05) is 60.7 Å². The van der Waals surface area contributed by atoms with E-state index >= 15 is 0 Å². The number of aromatic nitrogens is 1. The second-order valence-electron chi connectivity index (χ2n) is 5.09. The summed E-state index contributed by atoms with van der Waals surface area (Å²) in [5, 5.41) is 2.78. The van der Waals surface area contributed by atoms with Gasteiger partial charge >= 0.3 is 0 Å². The lowest BCUT2D eigenvalue weighted by Gasteiger charge is -2.16. The van der Waals surface area contributed by atoms with E-state index in [1.807, 2.05) is 0 Å². The van der Waals surface area contributed by atoms with E-state index in [2.05, 4.69) is 97.4 Å². The van der Waals surface area contributed by atoms with E-state index in [0.717, 1.165) is 0 Å². The first-order valence-corrected chi connectivity index (χ1v) is 8.47. The summed E-state index contributed by atoms with van der Waals surface area (Å²) in [6.45, 7) is 2.16. The van der Waals surface area contributed by atoms with Crippen LogP contribution in [0, 0.1) is 6.92 Å². The molecule has 2 aromatic carbocycles. The van der Waals surface area contributed by atoms with Crippen LogP contribution in [0.5, 0.6) is 0 Å². The highest BCUT2D eigenvalue weighted by molar-refractivity contribution is 7.79. The molecule has 0 N–H and O–H groups in total. The molecule has 0 bridgehead atoms. The maximum atomic E-state index is 2.31. The Labute approximate surface area is 127 Å². The van der Waals surface area contributed by atoms with E-state index in [1.165, 1.54) is 21.7 Å². The second-order valence-corrected chi connectivity index (χ2v) is 7.25. The van der Waals surface area contributed by atoms with Gasteiger partial charge in [0.05, 0.1) is 7.92 Å². The second kappa shape index (κ2) is 6.20. The molecule has 3 rings (SSSR count). The van der Waals surface area contributed by atoms with Crippen molar-refractivity contribution in [1.82, 2.24) is 0 Å². The molecule has 1 aromatic heterocycles. The quantitative estimate of drug-likeness (QED) is 0.516. The molecule has 0 spiro atoms. The van der Waals surface area contributed by atoms with E-state index in [0.29, 0.717) is 0 Å². The van der Waals surface area contributed by atoms with Crippen LogP contribution in [-0.4, -0.2) is 0 Å². The zero-order chi connectivity index (χ0) is 14.7. The fourth-order valence-electron chi connectivity index (χ4n) is 2.47. The molecule has 1 nitrogen and oxygen atoms in total. The molecule has 0 saturated heterocycles. The fourth-order valence-corrected chi connectivity index (χ4v) is 4.93. The van der Waals surface area contributed by atoms with Crippen LogP contribution >= 0.6 is 7.92 Å². The van der Waals surface area contributed by atoms with Crippen LogP contribution < -0.4 is 20.6 Å². The summed E-state index contributed by atoms with van der Waals surface area (Å²) in [5.41, 5.74) is 2.66. The van der Waals surface area contributed by atoms with Gasteiger partial charge in [0, 0.05) is 19.1 Å². The number of hydrogen-bond acceptors (Lipinski definition) is 0. The van der Waals surface area contributed by atoms with Crippen LogP contribution in [0.2, 0.25) is 0 Å². The van der Waals surface area contributed by atoms with E-state index in [9.17, 15) is 0 Å². The first-order valence-electron chi connectivity index (χ1n) is 7.13. The molecule has 0 aliphatic heterocycles. The van der Waals surface area contributed by atoms with E-state index in [4.69, 9.17) is 0 Å². The number of nitrogens with zero attached hydrogens (tertiary/aromatic N) is 1. The smallest absolute Gasteiger partial charge is 0.199 e. The van der Waals surface area contributed by atoms with Gasteiger partial charge in [0.2, 0.25) is 5.44 Å². The van der Waals surface area contributed by atoms with Crippen molar-refractivity contribution in [3.05, 3.63) is 84.6 Å². The first-order chi connectivity index (χ1) is 10.3. The van der Waals surface area contributed by atoms with Crippen molar-refractivity contribution in [1.29, 1.82) is 0 Å². The SMILES string of the molecule is Cc1cccc(P(c2ccccc2)c2ccccc2)[n+]1C. The number of benzene rings is 2. The van der Waals surface area contributed by atoms with Gasteiger partial charge in [-0.05, 0) is 16.7 Å². The molecular weight excluding hydrogens is 273 g/mol. The zero-order valence-electron chi connectivity index (χ0n) is 12.4. The highest BCUT2D eigenvalue weighted by Gasteiger charge is 2.24. The number of hydrogen-bond donors (Lipinski definition) is 0. The number of pyridine rings is 1. The summed E-state index contributed by atoms with van der Waals surface area (Å²) in [7, 11) is 1.64. The normalized spacial score (nSPS) is 10.8. The Hall–Kier alpha value is -1.98. The summed E-state index contributed by atoms with van der Waals surface area (Å²) in [6.07, 6.45) is 0. The largest absolute Gasteiger partial charge is 0.210 e. The lowest BCUT2D eigenvalue weighted by atomic mass is 10.4. The lowest BCUT2D eigenvalue weighted by Crippen LogP contribution is -2.49. The predicted octanol–water partition coefficient (Wildman–Crippen LogP) is 2.58. The van der Waals surface area contributed by atoms with Crippen molar-refractivity contribution >= 4 is 24.0 Å². The maximum absolute atomic E-state index is 2.31. The Balaban J connectivity index is 2.20. The van der Waals surface area contributed by atoms with Gasteiger partial charge in [-0.2, -0.15) is 4.57 Å². The van der Waals surface area contributed by atoms with Crippen molar-refractivity contribution in [3.8, 4) is 0 Å². The van der Waals surface area contributed by atoms with Crippen molar-refractivity contribution in [2.45, 2.75) is 6.92 Å². The van der Waals surface area contributed by atoms with Crippen LogP contribution in [0.15, 0.2) is 78.9 Å². The van der Waals surface area contributed by atoms with Crippen LogP contribution in [-0.2, 0) is 7.05 Å². The minimum absolute atomic E-state index is 0.520. The van der Waals surface area contributed by atoms with Crippen molar-refractivity contribution in [3.63, 3.8) is 0 Å². The molecule has 1 heterocycles. The van der Waals surface area contributed by atoms with E-state index in [1.54, 1.807) is 0 Å². The molecule has 0 amide bonds. The molecule has 0 atom stereocenters. The Kier molecular flexibility index (Phi) is 4.13. The zero-order valence-corrected chi connectivity index (χ0v) is 13.3. The highest BCUT2D eigenvalue weighted by atomic mass is 31.1. The van der Waals surface area contributed by atoms with Gasteiger partial charge in [-0.3, -0.25) is 0 Å². The van der Waals surface area contributed by atoms with Crippen LogP contribution in [0.3, 0.4) is 0 Å². The monoisotopic (exact) mass is 292 g/mol. The van der Waals surface area contributed by atoms with Gasteiger partial charge in [-0.25, -0.2) is 0 Å².